The van der Waals surface area contributed by atoms with Crippen molar-refractivity contribution in [2.45, 2.75) is 129 Å². The standard InChI is InChI=1S/C31H50O5Si/c1-20-16-22-11-10-21(2)25(28(22)26(17-20)35-29(33)31(6)14-9-15-31)13-12-23-18-24(19-27(32)34-23)36-37(7,8)30(3,4)5/h10-11,16,20-21,23-26,28H,9,12-15,17-19H2,1-8H3/t20-,21-,23+,24+,25-,26-,28-/m0/s1. The highest BCUT2D eigenvalue weighted by Gasteiger charge is 2.47. The monoisotopic (exact) mass is 530 g/mol. The maximum atomic E-state index is 13.1. The summed E-state index contributed by atoms with van der Waals surface area (Å²) in [7, 11) is -1.96. The second-order valence-corrected chi connectivity index (χ2v) is 19.0. The first-order valence-electron chi connectivity index (χ1n) is 14.7. The highest BCUT2D eigenvalue weighted by Crippen LogP contribution is 2.48. The van der Waals surface area contributed by atoms with E-state index in [0.717, 1.165) is 44.9 Å². The first-order chi connectivity index (χ1) is 17.2. The van der Waals surface area contributed by atoms with Crippen LogP contribution >= 0.6 is 0 Å². The fraction of sp³-hybridized carbons (Fsp3) is 0.806. The van der Waals surface area contributed by atoms with Crippen molar-refractivity contribution in [1.29, 1.82) is 0 Å². The van der Waals surface area contributed by atoms with E-state index in [4.69, 9.17) is 13.9 Å². The van der Waals surface area contributed by atoms with Crippen LogP contribution in [0.2, 0.25) is 18.1 Å². The molecule has 2 fully saturated rings. The van der Waals surface area contributed by atoms with Gasteiger partial charge in [0.05, 0.1) is 17.9 Å². The second kappa shape index (κ2) is 10.6. The Hall–Kier alpha value is -1.40. The van der Waals surface area contributed by atoms with Gasteiger partial charge in [0.1, 0.15) is 12.2 Å². The molecule has 1 aliphatic heterocycles. The molecule has 0 spiro atoms. The van der Waals surface area contributed by atoms with Gasteiger partial charge in [0.25, 0.3) is 0 Å². The number of rotatable bonds is 7. The first-order valence-corrected chi connectivity index (χ1v) is 17.6. The topological polar surface area (TPSA) is 61.8 Å². The minimum atomic E-state index is -1.96. The molecule has 0 amide bonds. The number of fused-ring (bicyclic) bond motifs is 1. The Balaban J connectivity index is 1.44. The fourth-order valence-electron chi connectivity index (χ4n) is 6.50. The molecule has 37 heavy (non-hydrogen) atoms. The lowest BCUT2D eigenvalue weighted by Gasteiger charge is -2.45. The van der Waals surface area contributed by atoms with E-state index in [-0.39, 0.29) is 46.6 Å². The van der Waals surface area contributed by atoms with Crippen LogP contribution in [0.1, 0.15) is 92.9 Å². The molecule has 0 radical (unpaired) electrons. The molecule has 208 valence electrons. The Morgan fingerprint density at radius 3 is 2.49 bits per heavy atom. The fourth-order valence-corrected chi connectivity index (χ4v) is 7.86. The summed E-state index contributed by atoms with van der Waals surface area (Å²) in [5.74, 6) is 1.20. The Morgan fingerprint density at radius 2 is 1.86 bits per heavy atom. The number of hydrogen-bond donors (Lipinski definition) is 0. The summed E-state index contributed by atoms with van der Waals surface area (Å²) in [6, 6.07) is 0. The van der Waals surface area contributed by atoms with Crippen LogP contribution in [0.5, 0.6) is 0 Å². The van der Waals surface area contributed by atoms with E-state index in [9.17, 15) is 9.59 Å². The van der Waals surface area contributed by atoms with Crippen LogP contribution in [0.25, 0.3) is 0 Å². The molecule has 0 aromatic heterocycles. The lowest BCUT2D eigenvalue weighted by atomic mass is 9.65. The van der Waals surface area contributed by atoms with Crippen LogP contribution in [-0.2, 0) is 23.5 Å². The molecular weight excluding hydrogens is 480 g/mol. The average molecular weight is 531 g/mol. The summed E-state index contributed by atoms with van der Waals surface area (Å²) in [5, 5.41) is 0.109. The van der Waals surface area contributed by atoms with Gasteiger partial charge in [0.15, 0.2) is 8.32 Å². The van der Waals surface area contributed by atoms with Gasteiger partial charge in [-0.15, -0.1) is 0 Å². The molecule has 1 heterocycles. The van der Waals surface area contributed by atoms with Crippen molar-refractivity contribution in [1.82, 2.24) is 0 Å². The molecule has 0 N–H and O–H groups in total. The van der Waals surface area contributed by atoms with Crippen molar-refractivity contribution in [3.8, 4) is 0 Å². The van der Waals surface area contributed by atoms with Gasteiger partial charge in [-0.05, 0) is 80.5 Å². The predicted octanol–water partition coefficient (Wildman–Crippen LogP) is 7.37. The lowest BCUT2D eigenvalue weighted by Crippen LogP contribution is -2.47. The highest BCUT2D eigenvalue weighted by atomic mass is 28.4. The van der Waals surface area contributed by atoms with Gasteiger partial charge in [0, 0.05) is 12.3 Å². The molecule has 4 rings (SSSR count). The zero-order chi connectivity index (χ0) is 27.2. The molecule has 5 nitrogen and oxygen atoms in total. The zero-order valence-corrected chi connectivity index (χ0v) is 25.5. The first kappa shape index (κ1) is 28.6. The van der Waals surface area contributed by atoms with Gasteiger partial charge < -0.3 is 13.9 Å². The Kier molecular flexibility index (Phi) is 8.22. The van der Waals surface area contributed by atoms with Gasteiger partial charge in [-0.2, -0.15) is 0 Å². The minimum Gasteiger partial charge on any atom is -0.462 e. The molecule has 1 saturated carbocycles. The number of carbonyl (C=O) groups is 2. The molecule has 0 bridgehead atoms. The molecule has 0 unspecified atom stereocenters. The van der Waals surface area contributed by atoms with E-state index in [1.54, 1.807) is 0 Å². The van der Waals surface area contributed by atoms with Gasteiger partial charge in [-0.3, -0.25) is 9.59 Å². The molecular formula is C31H50O5Si. The maximum Gasteiger partial charge on any atom is 0.312 e. The number of ether oxygens (including phenoxy) is 2. The van der Waals surface area contributed by atoms with Crippen molar-refractivity contribution in [2.75, 3.05) is 0 Å². The smallest absolute Gasteiger partial charge is 0.312 e. The van der Waals surface area contributed by atoms with Gasteiger partial charge in [0.2, 0.25) is 0 Å². The number of cyclic esters (lactones) is 1. The van der Waals surface area contributed by atoms with E-state index in [2.05, 4.69) is 72.9 Å². The predicted molar refractivity (Wildman–Crippen MR) is 149 cm³/mol. The molecule has 6 heteroatoms. The summed E-state index contributed by atoms with van der Waals surface area (Å²) in [5.41, 5.74) is 1.02. The van der Waals surface area contributed by atoms with Gasteiger partial charge in [-0.25, -0.2) is 0 Å². The number of allylic oxidation sites excluding steroid dienone is 3. The van der Waals surface area contributed by atoms with Crippen LogP contribution in [0.4, 0.5) is 0 Å². The Labute approximate surface area is 225 Å². The molecule has 0 aromatic rings. The summed E-state index contributed by atoms with van der Waals surface area (Å²) in [4.78, 5) is 25.7. The van der Waals surface area contributed by atoms with Crippen molar-refractivity contribution in [3.63, 3.8) is 0 Å². The molecule has 4 aliphatic rings. The van der Waals surface area contributed by atoms with Crippen molar-refractivity contribution in [2.24, 2.45) is 29.1 Å². The van der Waals surface area contributed by atoms with E-state index in [0.29, 0.717) is 24.2 Å². The maximum absolute atomic E-state index is 13.1. The highest BCUT2D eigenvalue weighted by molar-refractivity contribution is 6.74. The lowest BCUT2D eigenvalue weighted by molar-refractivity contribution is -0.171. The van der Waals surface area contributed by atoms with Crippen molar-refractivity contribution in [3.05, 3.63) is 23.8 Å². The normalized spacial score (nSPS) is 35.6. The van der Waals surface area contributed by atoms with E-state index in [1.807, 2.05) is 0 Å². The number of hydrogen-bond acceptors (Lipinski definition) is 5. The zero-order valence-electron chi connectivity index (χ0n) is 24.5. The van der Waals surface area contributed by atoms with Crippen LogP contribution in [0.15, 0.2) is 23.8 Å². The Bertz CT molecular complexity index is 924. The van der Waals surface area contributed by atoms with Crippen LogP contribution in [0, 0.1) is 29.1 Å². The third-order valence-corrected chi connectivity index (χ3v) is 14.6. The van der Waals surface area contributed by atoms with Crippen LogP contribution < -0.4 is 0 Å². The minimum absolute atomic E-state index is 0.00927. The third kappa shape index (κ3) is 6.27. The second-order valence-electron chi connectivity index (χ2n) is 14.3. The van der Waals surface area contributed by atoms with Crippen molar-refractivity contribution < 1.29 is 23.5 Å². The molecule has 1 saturated heterocycles. The summed E-state index contributed by atoms with van der Waals surface area (Å²) >= 11 is 0. The molecule has 7 atom stereocenters. The SMILES string of the molecule is C[C@H]1C=C2C=C[C@H](C)[C@H](CC[C@@H]3C[C@@H](O[Si](C)(C)C(C)(C)C)CC(=O)O3)[C@H]2[C@@H](OC(=O)C2(C)CCC2)C1. The molecule has 3 aliphatic carbocycles. The van der Waals surface area contributed by atoms with Gasteiger partial charge >= 0.3 is 11.9 Å². The summed E-state index contributed by atoms with van der Waals surface area (Å²) < 4.78 is 18.8. The third-order valence-electron chi connectivity index (χ3n) is 10.1. The van der Waals surface area contributed by atoms with E-state index >= 15 is 0 Å². The largest absolute Gasteiger partial charge is 0.462 e. The summed E-state index contributed by atoms with van der Waals surface area (Å²) in [6.07, 6.45) is 13.5. The van der Waals surface area contributed by atoms with E-state index < -0.39 is 8.32 Å². The molecule has 0 aromatic carbocycles. The van der Waals surface area contributed by atoms with Crippen LogP contribution in [-0.4, -0.2) is 38.6 Å². The van der Waals surface area contributed by atoms with Crippen LogP contribution in [0.3, 0.4) is 0 Å². The quantitative estimate of drug-likeness (QED) is 0.254. The van der Waals surface area contributed by atoms with E-state index in [1.165, 1.54) is 5.57 Å². The van der Waals surface area contributed by atoms with Crippen molar-refractivity contribution >= 4 is 20.3 Å². The average Bonchev–Trinajstić information content (AvgIpc) is 2.75. The number of esters is 2. The Morgan fingerprint density at radius 1 is 1.16 bits per heavy atom. The summed E-state index contributed by atoms with van der Waals surface area (Å²) in [6.45, 7) is 17.8. The number of carbonyl (C=O) groups excluding carboxylic acids is 2. The van der Waals surface area contributed by atoms with Gasteiger partial charge in [-0.1, -0.05) is 59.3 Å².